The van der Waals surface area contributed by atoms with Gasteiger partial charge in [-0.2, -0.15) is 5.10 Å². The number of fused-ring (bicyclic) bond motifs is 1. The minimum Gasteiger partial charge on any atom is -0.405 e. The van der Waals surface area contributed by atoms with E-state index >= 15 is 0 Å². The number of aromatic nitrogens is 3. The van der Waals surface area contributed by atoms with Crippen molar-refractivity contribution in [3.05, 3.63) is 53.3 Å². The third-order valence-corrected chi connectivity index (χ3v) is 6.79. The molecule has 2 aliphatic heterocycles. The second-order valence-corrected chi connectivity index (χ2v) is 9.24. The largest absolute Gasteiger partial charge is 0.573 e. The number of aliphatic imine (C=N–C) groups is 1. The summed E-state index contributed by atoms with van der Waals surface area (Å²) in [6.45, 7) is 7.66. The molecule has 1 aromatic carbocycles. The van der Waals surface area contributed by atoms with Gasteiger partial charge in [0.2, 0.25) is 0 Å². The van der Waals surface area contributed by atoms with E-state index in [9.17, 15) is 18.0 Å². The van der Waals surface area contributed by atoms with Crippen molar-refractivity contribution in [1.29, 1.82) is 0 Å². The minimum absolute atomic E-state index is 0.124. The monoisotopic (exact) mass is 500 g/mol. The van der Waals surface area contributed by atoms with Gasteiger partial charge in [-0.05, 0) is 51.5 Å². The Morgan fingerprint density at radius 2 is 2.00 bits per heavy atom. The van der Waals surface area contributed by atoms with Crippen molar-refractivity contribution in [3.8, 4) is 5.75 Å². The number of halogens is 3. The average Bonchev–Trinajstić information content (AvgIpc) is 3.49. The normalized spacial score (nSPS) is 20.7. The zero-order valence-corrected chi connectivity index (χ0v) is 19.9. The number of hydrogen-bond donors (Lipinski definition) is 0. The Bertz CT molecular complexity index is 1290. The van der Waals surface area contributed by atoms with Gasteiger partial charge in [0.05, 0.1) is 23.3 Å². The predicted octanol–water partition coefficient (Wildman–Crippen LogP) is 4.58. The van der Waals surface area contributed by atoms with Crippen molar-refractivity contribution < 1.29 is 22.7 Å². The van der Waals surface area contributed by atoms with Crippen LogP contribution in [0.3, 0.4) is 0 Å². The van der Waals surface area contributed by atoms with Crippen LogP contribution in [0, 0.1) is 6.92 Å². The second kappa shape index (κ2) is 9.44. The fourth-order valence-corrected chi connectivity index (χ4v) is 5.08. The van der Waals surface area contributed by atoms with Crippen LogP contribution in [0.1, 0.15) is 53.3 Å². The molecule has 2 aliphatic rings. The predicted molar refractivity (Wildman–Crippen MR) is 129 cm³/mol. The van der Waals surface area contributed by atoms with Crippen molar-refractivity contribution in [2.75, 3.05) is 24.5 Å². The van der Waals surface area contributed by atoms with Crippen LogP contribution in [0.15, 0.2) is 41.5 Å². The molecule has 2 atom stereocenters. The standard InChI is InChI=1S/C25H27F3N6O2/c1-16-14-34-22(30-23(16)32-12-10-17(15-32)29-2)13-19(31-34)20-8-5-6-11-33(20)24(35)18-7-3-4-9-21(18)36-25(26,27)28/h3-4,7,9,13-14,17,20H,2,5-6,8,10-12,15H2,1H3/t17-,20-/m0/s1. The summed E-state index contributed by atoms with van der Waals surface area (Å²) in [6.07, 6.45) is 0.244. The highest BCUT2D eigenvalue weighted by atomic mass is 19.4. The molecule has 4 heterocycles. The number of amides is 1. The Balaban J connectivity index is 1.45. The molecule has 8 nitrogen and oxygen atoms in total. The van der Waals surface area contributed by atoms with Gasteiger partial charge in [0.15, 0.2) is 5.65 Å². The van der Waals surface area contributed by atoms with Crippen LogP contribution >= 0.6 is 0 Å². The van der Waals surface area contributed by atoms with Gasteiger partial charge in [-0.1, -0.05) is 12.1 Å². The first-order valence-electron chi connectivity index (χ1n) is 12.0. The highest BCUT2D eigenvalue weighted by Crippen LogP contribution is 2.35. The van der Waals surface area contributed by atoms with E-state index in [0.717, 1.165) is 49.8 Å². The first-order chi connectivity index (χ1) is 17.2. The van der Waals surface area contributed by atoms with Gasteiger partial charge in [0, 0.05) is 37.5 Å². The van der Waals surface area contributed by atoms with E-state index in [1.54, 1.807) is 9.42 Å². The Labute approximate surface area is 206 Å². The van der Waals surface area contributed by atoms with Crippen LogP contribution in [-0.4, -0.2) is 64.2 Å². The van der Waals surface area contributed by atoms with E-state index in [0.29, 0.717) is 24.3 Å². The number of hydrogen-bond acceptors (Lipinski definition) is 6. The summed E-state index contributed by atoms with van der Waals surface area (Å²) in [6, 6.07) is 7.12. The summed E-state index contributed by atoms with van der Waals surface area (Å²) >= 11 is 0. The van der Waals surface area contributed by atoms with Crippen LogP contribution in [0.25, 0.3) is 5.65 Å². The lowest BCUT2D eigenvalue weighted by atomic mass is 9.98. The van der Waals surface area contributed by atoms with Gasteiger partial charge >= 0.3 is 6.36 Å². The number of ether oxygens (including phenoxy) is 1. The summed E-state index contributed by atoms with van der Waals surface area (Å²) in [5.41, 5.74) is 2.16. The average molecular weight is 501 g/mol. The van der Waals surface area contributed by atoms with Crippen molar-refractivity contribution in [2.24, 2.45) is 4.99 Å². The molecule has 11 heteroatoms. The van der Waals surface area contributed by atoms with E-state index in [-0.39, 0.29) is 17.6 Å². The van der Waals surface area contributed by atoms with Crippen LogP contribution in [0.2, 0.25) is 0 Å². The SMILES string of the molecule is C=N[C@H]1CCN(c2nc3cc([C@@H]4CCCCN4C(=O)c4ccccc4OC(F)(F)F)nn3cc2C)C1. The van der Waals surface area contributed by atoms with Crippen LogP contribution in [0.5, 0.6) is 5.75 Å². The van der Waals surface area contributed by atoms with Crippen molar-refractivity contribution in [3.63, 3.8) is 0 Å². The maximum absolute atomic E-state index is 13.5. The summed E-state index contributed by atoms with van der Waals surface area (Å²) in [5.74, 6) is -0.148. The van der Waals surface area contributed by atoms with Gasteiger partial charge in [-0.15, -0.1) is 13.2 Å². The molecule has 5 rings (SSSR count). The van der Waals surface area contributed by atoms with Gasteiger partial charge in [-0.3, -0.25) is 9.79 Å². The van der Waals surface area contributed by atoms with Gasteiger partial charge in [0.1, 0.15) is 11.6 Å². The Morgan fingerprint density at radius 1 is 1.19 bits per heavy atom. The molecule has 36 heavy (non-hydrogen) atoms. The molecule has 2 aromatic heterocycles. The molecule has 0 radical (unpaired) electrons. The number of benzene rings is 1. The lowest BCUT2D eigenvalue weighted by molar-refractivity contribution is -0.274. The Hall–Kier alpha value is -3.63. The van der Waals surface area contributed by atoms with E-state index in [1.165, 1.54) is 18.2 Å². The van der Waals surface area contributed by atoms with Gasteiger partial charge in [-0.25, -0.2) is 9.50 Å². The molecule has 1 amide bonds. The van der Waals surface area contributed by atoms with Gasteiger partial charge in [0.25, 0.3) is 5.91 Å². The highest BCUT2D eigenvalue weighted by Gasteiger charge is 2.36. The summed E-state index contributed by atoms with van der Waals surface area (Å²) in [4.78, 5) is 26.2. The third kappa shape index (κ3) is 4.74. The lowest BCUT2D eigenvalue weighted by Crippen LogP contribution is -2.39. The molecule has 2 fully saturated rings. The van der Waals surface area contributed by atoms with Gasteiger partial charge < -0.3 is 14.5 Å². The maximum atomic E-state index is 13.5. The molecule has 0 saturated carbocycles. The molecule has 0 unspecified atom stereocenters. The van der Waals surface area contributed by atoms with Crippen LogP contribution in [0.4, 0.5) is 19.0 Å². The molecule has 3 aromatic rings. The molecule has 2 saturated heterocycles. The first-order valence-corrected chi connectivity index (χ1v) is 12.0. The van der Waals surface area contributed by atoms with Crippen molar-refractivity contribution >= 4 is 24.1 Å². The van der Waals surface area contributed by atoms with E-state index < -0.39 is 18.0 Å². The minimum atomic E-state index is -4.89. The maximum Gasteiger partial charge on any atom is 0.573 e. The molecule has 0 bridgehead atoms. The fourth-order valence-electron chi connectivity index (χ4n) is 5.08. The number of nitrogens with zero attached hydrogens (tertiary/aromatic N) is 6. The quantitative estimate of drug-likeness (QED) is 0.480. The van der Waals surface area contributed by atoms with Crippen molar-refractivity contribution in [1.82, 2.24) is 19.5 Å². The number of rotatable bonds is 5. The summed E-state index contributed by atoms with van der Waals surface area (Å²) in [7, 11) is 0. The second-order valence-electron chi connectivity index (χ2n) is 9.24. The summed E-state index contributed by atoms with van der Waals surface area (Å²) < 4.78 is 44.6. The number of aryl methyl sites for hydroxylation is 1. The van der Waals surface area contributed by atoms with Crippen LogP contribution in [-0.2, 0) is 0 Å². The zero-order chi connectivity index (χ0) is 25.4. The van der Waals surface area contributed by atoms with Crippen LogP contribution < -0.4 is 9.64 Å². The smallest absolute Gasteiger partial charge is 0.405 e. The highest BCUT2D eigenvalue weighted by molar-refractivity contribution is 5.97. The molecular weight excluding hydrogens is 473 g/mol. The zero-order valence-electron chi connectivity index (χ0n) is 19.9. The van der Waals surface area contributed by atoms with E-state index in [1.807, 2.05) is 19.2 Å². The first kappa shape index (κ1) is 24.1. The molecule has 0 N–H and O–H groups in total. The number of para-hydroxylation sites is 1. The van der Waals surface area contributed by atoms with E-state index in [2.05, 4.69) is 21.3 Å². The number of likely N-dealkylation sites (tertiary alicyclic amines) is 1. The topological polar surface area (TPSA) is 75.3 Å². The third-order valence-electron chi connectivity index (χ3n) is 6.79. The molecular formula is C25H27F3N6O2. The lowest BCUT2D eigenvalue weighted by Gasteiger charge is -2.35. The van der Waals surface area contributed by atoms with E-state index in [4.69, 9.17) is 10.1 Å². The fraction of sp³-hybridized carbons (Fsp3) is 0.440. The molecule has 0 spiro atoms. The Morgan fingerprint density at radius 3 is 2.75 bits per heavy atom. The number of carbonyl (C=O) groups is 1. The Kier molecular flexibility index (Phi) is 6.31. The molecule has 190 valence electrons. The summed E-state index contributed by atoms with van der Waals surface area (Å²) in [5, 5.41) is 4.71. The molecule has 0 aliphatic carbocycles. The number of piperidine rings is 1. The number of anilines is 1. The number of alkyl halides is 3. The van der Waals surface area contributed by atoms with Crippen molar-refractivity contribution in [2.45, 2.75) is 51.1 Å². The number of carbonyl (C=O) groups excluding carboxylic acids is 1.